The molecule has 6 N–H and O–H groups in total. The van der Waals surface area contributed by atoms with Crippen LogP contribution in [-0.2, 0) is 4.79 Å². The molecule has 4 unspecified atom stereocenters. The molecule has 0 aromatic carbocycles. The van der Waals surface area contributed by atoms with Crippen molar-refractivity contribution in [3.63, 3.8) is 0 Å². The standard InChI is InChI=1S/C15H34N2.C14H29NO/c1-5-14(16)12(3)10-8-7-9-11-13(4)15(17)6-2;1-2-3-4-5-6-7-8-9-10-11-12-13-14(15)16/h12-15H,5-11,16-17H2,1-4H3;2-13H2,1H3,(H2,15,16). The lowest BCUT2D eigenvalue weighted by Crippen LogP contribution is -2.27. The molecule has 0 spiro atoms. The van der Waals surface area contributed by atoms with E-state index in [2.05, 4.69) is 34.6 Å². The van der Waals surface area contributed by atoms with Crippen molar-refractivity contribution in [2.24, 2.45) is 29.0 Å². The SMILES string of the molecule is CCC(N)C(C)CCCCCC(C)C(N)CC.CCCCCCCCCCCCCC(N)=O. The van der Waals surface area contributed by atoms with Crippen molar-refractivity contribution in [2.45, 2.75) is 169 Å². The molecule has 0 radical (unpaired) electrons. The number of hydrogen-bond donors (Lipinski definition) is 3. The van der Waals surface area contributed by atoms with Gasteiger partial charge in [0.05, 0.1) is 0 Å². The van der Waals surface area contributed by atoms with Crippen molar-refractivity contribution in [1.29, 1.82) is 0 Å². The second-order valence-corrected chi connectivity index (χ2v) is 10.5. The Bertz CT molecular complexity index is 384. The number of primary amides is 1. The Hall–Kier alpha value is -0.610. The fourth-order valence-corrected chi connectivity index (χ4v) is 4.31. The predicted molar refractivity (Wildman–Crippen MR) is 148 cm³/mol. The van der Waals surface area contributed by atoms with E-state index < -0.39 is 0 Å². The van der Waals surface area contributed by atoms with E-state index in [-0.39, 0.29) is 5.91 Å². The van der Waals surface area contributed by atoms with Crippen molar-refractivity contribution in [3.05, 3.63) is 0 Å². The van der Waals surface area contributed by atoms with Crippen LogP contribution < -0.4 is 17.2 Å². The van der Waals surface area contributed by atoms with Crippen LogP contribution in [0.4, 0.5) is 0 Å². The zero-order valence-corrected chi connectivity index (χ0v) is 23.4. The van der Waals surface area contributed by atoms with Crippen molar-refractivity contribution >= 4 is 5.91 Å². The molecule has 33 heavy (non-hydrogen) atoms. The molecule has 0 saturated carbocycles. The summed E-state index contributed by atoms with van der Waals surface area (Å²) in [7, 11) is 0. The number of nitrogens with two attached hydrogens (primary N) is 3. The quantitative estimate of drug-likeness (QED) is 0.141. The van der Waals surface area contributed by atoms with Gasteiger partial charge in [0.15, 0.2) is 0 Å². The zero-order valence-electron chi connectivity index (χ0n) is 23.4. The van der Waals surface area contributed by atoms with Gasteiger partial charge in [-0.1, -0.05) is 118 Å². The molecule has 0 bridgehead atoms. The largest absolute Gasteiger partial charge is 0.370 e. The van der Waals surface area contributed by atoms with Crippen LogP contribution in [-0.4, -0.2) is 18.0 Å². The molecule has 4 nitrogen and oxygen atoms in total. The third-order valence-electron chi connectivity index (χ3n) is 7.25. The van der Waals surface area contributed by atoms with Crippen LogP contribution in [0.15, 0.2) is 0 Å². The van der Waals surface area contributed by atoms with Gasteiger partial charge in [-0.3, -0.25) is 4.79 Å². The fraction of sp³-hybridized carbons (Fsp3) is 0.966. The number of carbonyl (C=O) groups excluding carboxylic acids is 1. The lowest BCUT2D eigenvalue weighted by Gasteiger charge is -2.19. The molecule has 1 amide bonds. The van der Waals surface area contributed by atoms with Crippen LogP contribution >= 0.6 is 0 Å². The van der Waals surface area contributed by atoms with E-state index >= 15 is 0 Å². The molecule has 0 saturated heterocycles. The second-order valence-electron chi connectivity index (χ2n) is 10.5. The van der Waals surface area contributed by atoms with Crippen LogP contribution in [0.5, 0.6) is 0 Å². The summed E-state index contributed by atoms with van der Waals surface area (Å²) in [6.45, 7) is 11.2. The van der Waals surface area contributed by atoms with E-state index in [1.807, 2.05) is 0 Å². The number of carbonyl (C=O) groups is 1. The molecule has 0 aliphatic heterocycles. The first-order valence-corrected chi connectivity index (χ1v) is 14.6. The highest BCUT2D eigenvalue weighted by Crippen LogP contribution is 2.18. The van der Waals surface area contributed by atoms with Gasteiger partial charge in [0.25, 0.3) is 0 Å². The maximum Gasteiger partial charge on any atom is 0.217 e. The molecule has 0 aromatic heterocycles. The Morgan fingerprint density at radius 3 is 1.24 bits per heavy atom. The minimum absolute atomic E-state index is 0.157. The molecule has 4 heteroatoms. The maximum atomic E-state index is 10.5. The van der Waals surface area contributed by atoms with E-state index in [1.165, 1.54) is 96.3 Å². The van der Waals surface area contributed by atoms with E-state index in [0.717, 1.165) is 19.3 Å². The van der Waals surface area contributed by atoms with Crippen molar-refractivity contribution in [2.75, 3.05) is 0 Å². The van der Waals surface area contributed by atoms with Crippen LogP contribution in [0.3, 0.4) is 0 Å². The number of unbranched alkanes of at least 4 members (excludes halogenated alkanes) is 12. The van der Waals surface area contributed by atoms with Gasteiger partial charge < -0.3 is 17.2 Å². The van der Waals surface area contributed by atoms with Gasteiger partial charge in [-0.25, -0.2) is 0 Å². The van der Waals surface area contributed by atoms with E-state index in [1.54, 1.807) is 0 Å². The normalized spacial score (nSPS) is 14.8. The third kappa shape index (κ3) is 25.8. The lowest BCUT2D eigenvalue weighted by atomic mass is 9.91. The number of rotatable bonds is 22. The molecular weight excluding hydrogens is 406 g/mol. The average Bonchev–Trinajstić information content (AvgIpc) is 2.81. The van der Waals surface area contributed by atoms with Crippen LogP contribution in [0.1, 0.15) is 157 Å². The van der Waals surface area contributed by atoms with Gasteiger partial charge in [-0.05, 0) is 43.9 Å². The highest BCUT2D eigenvalue weighted by molar-refractivity contribution is 5.73. The smallest absolute Gasteiger partial charge is 0.217 e. The highest BCUT2D eigenvalue weighted by Gasteiger charge is 2.11. The Morgan fingerprint density at radius 1 is 0.576 bits per heavy atom. The summed E-state index contributed by atoms with van der Waals surface area (Å²) in [5, 5.41) is 0. The van der Waals surface area contributed by atoms with Crippen molar-refractivity contribution in [3.8, 4) is 0 Å². The number of hydrogen-bond acceptors (Lipinski definition) is 3. The highest BCUT2D eigenvalue weighted by atomic mass is 16.1. The second kappa shape index (κ2) is 26.0. The summed E-state index contributed by atoms with van der Waals surface area (Å²) in [5.74, 6) is 1.20. The topological polar surface area (TPSA) is 95.1 Å². The Labute approximate surface area is 208 Å². The molecule has 0 heterocycles. The summed E-state index contributed by atoms with van der Waals surface area (Å²) in [5.41, 5.74) is 17.1. The molecule has 4 atom stereocenters. The van der Waals surface area contributed by atoms with Gasteiger partial charge in [0.1, 0.15) is 0 Å². The molecule has 0 fully saturated rings. The summed E-state index contributed by atoms with van der Waals surface area (Å²) in [6.07, 6.45) is 23.8. The molecule has 0 aliphatic carbocycles. The van der Waals surface area contributed by atoms with E-state index in [0.29, 0.717) is 30.3 Å². The van der Waals surface area contributed by atoms with Crippen molar-refractivity contribution in [1.82, 2.24) is 0 Å². The number of amides is 1. The first-order valence-electron chi connectivity index (χ1n) is 14.6. The van der Waals surface area contributed by atoms with Gasteiger partial charge in [-0.15, -0.1) is 0 Å². The first-order chi connectivity index (χ1) is 15.8. The first kappa shape index (κ1) is 34.6. The van der Waals surface area contributed by atoms with Crippen molar-refractivity contribution < 1.29 is 4.79 Å². The minimum atomic E-state index is -0.157. The predicted octanol–water partition coefficient (Wildman–Crippen LogP) is 7.86. The average molecular weight is 470 g/mol. The molecule has 200 valence electrons. The Kier molecular flexibility index (Phi) is 27.2. The van der Waals surface area contributed by atoms with Gasteiger partial charge in [0.2, 0.25) is 5.91 Å². The lowest BCUT2D eigenvalue weighted by molar-refractivity contribution is -0.118. The fourth-order valence-electron chi connectivity index (χ4n) is 4.31. The summed E-state index contributed by atoms with van der Waals surface area (Å²) >= 11 is 0. The van der Waals surface area contributed by atoms with Crippen LogP contribution in [0.25, 0.3) is 0 Å². The van der Waals surface area contributed by atoms with Gasteiger partial charge in [0, 0.05) is 18.5 Å². The van der Waals surface area contributed by atoms with Gasteiger partial charge in [-0.2, -0.15) is 0 Å². The van der Waals surface area contributed by atoms with Crippen LogP contribution in [0.2, 0.25) is 0 Å². The van der Waals surface area contributed by atoms with Gasteiger partial charge >= 0.3 is 0 Å². The third-order valence-corrected chi connectivity index (χ3v) is 7.25. The van der Waals surface area contributed by atoms with Crippen LogP contribution in [0, 0.1) is 11.8 Å². The molecule has 0 rings (SSSR count). The maximum absolute atomic E-state index is 10.5. The zero-order chi connectivity index (χ0) is 25.3. The summed E-state index contributed by atoms with van der Waals surface area (Å²) < 4.78 is 0. The minimum Gasteiger partial charge on any atom is -0.370 e. The Balaban J connectivity index is 0. The molecule has 0 aliphatic rings. The summed E-state index contributed by atoms with van der Waals surface area (Å²) in [4.78, 5) is 10.5. The summed E-state index contributed by atoms with van der Waals surface area (Å²) in [6, 6.07) is 0.782. The molecule has 0 aromatic rings. The van der Waals surface area contributed by atoms with E-state index in [4.69, 9.17) is 17.2 Å². The monoisotopic (exact) mass is 469 g/mol. The molecular formula is C29H63N3O. The Morgan fingerprint density at radius 2 is 0.909 bits per heavy atom. The van der Waals surface area contributed by atoms with E-state index in [9.17, 15) is 4.79 Å².